The third-order valence-corrected chi connectivity index (χ3v) is 2.29. The molecule has 1 amide bonds. The van der Waals surface area contributed by atoms with Gasteiger partial charge >= 0.3 is 18.1 Å². The lowest BCUT2D eigenvalue weighted by Crippen LogP contribution is -2.30. The highest BCUT2D eigenvalue weighted by Gasteiger charge is 2.39. The van der Waals surface area contributed by atoms with E-state index < -0.39 is 18.1 Å². The van der Waals surface area contributed by atoms with Crippen molar-refractivity contribution in [2.75, 3.05) is 5.32 Å². The second kappa shape index (κ2) is 4.67. The molecule has 18 heavy (non-hydrogen) atoms. The number of carbonyl (C=O) groups is 2. The zero-order chi connectivity index (χ0) is 14.1. The summed E-state index contributed by atoms with van der Waals surface area (Å²) in [6.45, 7) is 2.85. The third-order valence-electron chi connectivity index (χ3n) is 2.29. The van der Waals surface area contributed by atoms with Crippen LogP contribution in [0.2, 0.25) is 0 Å². The number of carboxylic acid groups (broad SMARTS) is 1. The molecule has 0 saturated carbocycles. The SMILES string of the molecule is Cc1cc(NC(=O)C(F)(F)F)c(C)c(C(=O)O)c1. The van der Waals surface area contributed by atoms with E-state index in [4.69, 9.17) is 5.11 Å². The van der Waals surface area contributed by atoms with E-state index in [9.17, 15) is 22.8 Å². The first-order valence-corrected chi connectivity index (χ1v) is 4.85. The number of halogens is 3. The number of hydrogen-bond acceptors (Lipinski definition) is 2. The van der Waals surface area contributed by atoms with Gasteiger partial charge in [-0.05, 0) is 37.1 Å². The van der Waals surface area contributed by atoms with Gasteiger partial charge in [0, 0.05) is 5.69 Å². The molecule has 0 saturated heterocycles. The molecule has 0 aliphatic heterocycles. The normalized spacial score (nSPS) is 11.2. The quantitative estimate of drug-likeness (QED) is 0.859. The van der Waals surface area contributed by atoms with Gasteiger partial charge in [-0.25, -0.2) is 4.79 Å². The molecule has 0 aromatic heterocycles. The van der Waals surface area contributed by atoms with Gasteiger partial charge in [0.25, 0.3) is 0 Å². The molecule has 2 N–H and O–H groups in total. The lowest BCUT2D eigenvalue weighted by atomic mass is 10.0. The third kappa shape index (κ3) is 2.99. The maximum Gasteiger partial charge on any atom is 0.471 e. The van der Waals surface area contributed by atoms with E-state index in [1.807, 2.05) is 0 Å². The van der Waals surface area contributed by atoms with E-state index in [1.54, 1.807) is 5.32 Å². The molecule has 0 atom stereocenters. The molecule has 4 nitrogen and oxygen atoms in total. The first-order valence-electron chi connectivity index (χ1n) is 4.85. The standard InChI is InChI=1S/C11H10F3NO3/c1-5-3-7(9(16)17)6(2)8(4-5)15-10(18)11(12,13)14/h3-4H,1-2H3,(H,15,18)(H,16,17). The number of anilines is 1. The Morgan fingerprint density at radius 1 is 1.22 bits per heavy atom. The van der Waals surface area contributed by atoms with Crippen LogP contribution in [0.4, 0.5) is 18.9 Å². The molecule has 0 bridgehead atoms. The van der Waals surface area contributed by atoms with Crippen molar-refractivity contribution in [3.05, 3.63) is 28.8 Å². The maximum atomic E-state index is 12.1. The molecule has 0 aliphatic rings. The summed E-state index contributed by atoms with van der Waals surface area (Å²) in [6.07, 6.45) is -5.01. The van der Waals surface area contributed by atoms with E-state index in [1.165, 1.54) is 26.0 Å². The van der Waals surface area contributed by atoms with E-state index in [2.05, 4.69) is 0 Å². The molecule has 1 aromatic rings. The second-order valence-corrected chi connectivity index (χ2v) is 3.74. The Hall–Kier alpha value is -2.05. The Balaban J connectivity index is 3.18. The monoisotopic (exact) mass is 261 g/mol. The summed E-state index contributed by atoms with van der Waals surface area (Å²) in [4.78, 5) is 21.7. The van der Waals surface area contributed by atoms with Crippen molar-refractivity contribution < 1.29 is 27.9 Å². The summed E-state index contributed by atoms with van der Waals surface area (Å²) < 4.78 is 36.3. The van der Waals surface area contributed by atoms with Crippen LogP contribution >= 0.6 is 0 Å². The van der Waals surface area contributed by atoms with Crippen LogP contribution in [0.5, 0.6) is 0 Å². The number of alkyl halides is 3. The Labute approximate surface area is 100 Å². The van der Waals surface area contributed by atoms with Crippen molar-refractivity contribution in [3.63, 3.8) is 0 Å². The van der Waals surface area contributed by atoms with Gasteiger partial charge in [0.05, 0.1) is 5.56 Å². The summed E-state index contributed by atoms with van der Waals surface area (Å²) in [7, 11) is 0. The molecule has 1 aromatic carbocycles. The van der Waals surface area contributed by atoms with Gasteiger partial charge in [-0.15, -0.1) is 0 Å². The summed E-state index contributed by atoms with van der Waals surface area (Å²) in [5.41, 5.74) is 0.211. The van der Waals surface area contributed by atoms with E-state index in [0.29, 0.717) is 5.56 Å². The topological polar surface area (TPSA) is 66.4 Å². The molecule has 1 rings (SSSR count). The largest absolute Gasteiger partial charge is 0.478 e. The maximum absolute atomic E-state index is 12.1. The molecule has 0 unspecified atom stereocenters. The Kier molecular flexibility index (Phi) is 3.64. The van der Waals surface area contributed by atoms with Crippen molar-refractivity contribution >= 4 is 17.6 Å². The second-order valence-electron chi connectivity index (χ2n) is 3.74. The zero-order valence-corrected chi connectivity index (χ0v) is 9.55. The van der Waals surface area contributed by atoms with E-state index in [0.717, 1.165) is 0 Å². The van der Waals surface area contributed by atoms with Crippen LogP contribution in [-0.4, -0.2) is 23.2 Å². The molecule has 0 heterocycles. The van der Waals surface area contributed by atoms with Crippen molar-refractivity contribution in [1.82, 2.24) is 0 Å². The Bertz CT molecular complexity index is 509. The van der Waals surface area contributed by atoms with Crippen LogP contribution in [0.1, 0.15) is 21.5 Å². The molecular formula is C11H10F3NO3. The highest BCUT2D eigenvalue weighted by molar-refractivity contribution is 5.98. The van der Waals surface area contributed by atoms with Crippen LogP contribution in [-0.2, 0) is 4.79 Å². The number of rotatable bonds is 2. The van der Waals surface area contributed by atoms with Crippen molar-refractivity contribution in [2.24, 2.45) is 0 Å². The fraction of sp³-hybridized carbons (Fsp3) is 0.273. The summed E-state index contributed by atoms with van der Waals surface area (Å²) >= 11 is 0. The minimum atomic E-state index is -5.01. The Morgan fingerprint density at radius 3 is 2.22 bits per heavy atom. The number of carbonyl (C=O) groups excluding carboxylic acids is 1. The molecule has 0 aliphatic carbocycles. The van der Waals surface area contributed by atoms with Gasteiger partial charge in [-0.1, -0.05) is 0 Å². The van der Waals surface area contributed by atoms with Crippen LogP contribution in [0.15, 0.2) is 12.1 Å². The average molecular weight is 261 g/mol. The number of hydrogen-bond donors (Lipinski definition) is 2. The van der Waals surface area contributed by atoms with E-state index in [-0.39, 0.29) is 16.8 Å². The summed E-state index contributed by atoms with van der Waals surface area (Å²) in [6, 6.07) is 2.60. The van der Waals surface area contributed by atoms with Gasteiger partial charge in [-0.3, -0.25) is 4.79 Å². The van der Waals surface area contributed by atoms with Gasteiger partial charge in [0.1, 0.15) is 0 Å². The smallest absolute Gasteiger partial charge is 0.471 e. The van der Waals surface area contributed by atoms with Gasteiger partial charge in [0.2, 0.25) is 0 Å². The zero-order valence-electron chi connectivity index (χ0n) is 9.55. The number of aryl methyl sites for hydroxylation is 1. The van der Waals surface area contributed by atoms with Crippen molar-refractivity contribution in [2.45, 2.75) is 20.0 Å². The predicted molar refractivity (Wildman–Crippen MR) is 57.6 cm³/mol. The number of carboxylic acids is 1. The fourth-order valence-electron chi connectivity index (χ4n) is 1.40. The van der Waals surface area contributed by atoms with Crippen LogP contribution in [0, 0.1) is 13.8 Å². The highest BCUT2D eigenvalue weighted by atomic mass is 19.4. The molecule has 0 radical (unpaired) electrons. The lowest BCUT2D eigenvalue weighted by molar-refractivity contribution is -0.167. The Morgan fingerprint density at radius 2 is 1.78 bits per heavy atom. The molecule has 0 spiro atoms. The van der Waals surface area contributed by atoms with Gasteiger partial charge < -0.3 is 10.4 Å². The first kappa shape index (κ1) is 14.0. The lowest BCUT2D eigenvalue weighted by Gasteiger charge is -2.13. The van der Waals surface area contributed by atoms with Crippen LogP contribution in [0.3, 0.4) is 0 Å². The number of benzene rings is 1. The molecular weight excluding hydrogens is 251 g/mol. The predicted octanol–water partition coefficient (Wildman–Crippen LogP) is 2.50. The molecule has 7 heteroatoms. The number of nitrogens with one attached hydrogen (secondary N) is 1. The summed E-state index contributed by atoms with van der Waals surface area (Å²) in [5, 5.41) is 10.5. The average Bonchev–Trinajstić information content (AvgIpc) is 2.21. The minimum absolute atomic E-state index is 0.0747. The number of aromatic carboxylic acids is 1. The van der Waals surface area contributed by atoms with E-state index >= 15 is 0 Å². The first-order chi connectivity index (χ1) is 8.12. The number of amides is 1. The van der Waals surface area contributed by atoms with Gasteiger partial charge in [0.15, 0.2) is 0 Å². The van der Waals surface area contributed by atoms with Crippen molar-refractivity contribution in [1.29, 1.82) is 0 Å². The highest BCUT2D eigenvalue weighted by Crippen LogP contribution is 2.24. The molecule has 98 valence electrons. The summed E-state index contributed by atoms with van der Waals surface area (Å²) in [5.74, 6) is -3.40. The van der Waals surface area contributed by atoms with Crippen LogP contribution < -0.4 is 5.32 Å². The van der Waals surface area contributed by atoms with Crippen molar-refractivity contribution in [3.8, 4) is 0 Å². The minimum Gasteiger partial charge on any atom is -0.478 e. The molecule has 0 fully saturated rings. The van der Waals surface area contributed by atoms with Crippen LogP contribution in [0.25, 0.3) is 0 Å². The van der Waals surface area contributed by atoms with Gasteiger partial charge in [-0.2, -0.15) is 13.2 Å². The fourth-order valence-corrected chi connectivity index (χ4v) is 1.40.